The van der Waals surface area contributed by atoms with E-state index in [0.717, 1.165) is 11.3 Å². The van der Waals surface area contributed by atoms with Crippen molar-refractivity contribution in [3.63, 3.8) is 0 Å². The van der Waals surface area contributed by atoms with Gasteiger partial charge in [-0.15, -0.1) is 0 Å². The van der Waals surface area contributed by atoms with Crippen LogP contribution >= 0.6 is 22.6 Å². The van der Waals surface area contributed by atoms with Gasteiger partial charge in [0.2, 0.25) is 0 Å². The third-order valence-corrected chi connectivity index (χ3v) is 3.63. The molecule has 0 aliphatic carbocycles. The number of rotatable bonds is 4. The van der Waals surface area contributed by atoms with Crippen molar-refractivity contribution in [1.82, 2.24) is 0 Å². The van der Waals surface area contributed by atoms with Crippen LogP contribution in [-0.2, 0) is 6.54 Å². The molecule has 0 saturated carbocycles. The van der Waals surface area contributed by atoms with Crippen LogP contribution < -0.4 is 11.1 Å². The number of hydrogen-bond acceptors (Lipinski definition) is 3. The standard InChI is InChI=1S/C14H14IN3O/c15-12-6-1-2-7-13(12)17-9-10-4-3-5-11(8-10)14(16)18-19/h1-8,17,19H,9H2,(H2,16,18). The molecule has 0 radical (unpaired) electrons. The first-order chi connectivity index (χ1) is 9.20. The van der Waals surface area contributed by atoms with E-state index in [1.54, 1.807) is 0 Å². The zero-order valence-electron chi connectivity index (χ0n) is 10.2. The molecule has 0 aliphatic heterocycles. The van der Waals surface area contributed by atoms with Crippen molar-refractivity contribution in [2.24, 2.45) is 10.9 Å². The first kappa shape index (κ1) is 13.7. The van der Waals surface area contributed by atoms with Gasteiger partial charge in [-0.1, -0.05) is 35.5 Å². The maximum atomic E-state index is 8.67. The molecule has 0 heterocycles. The average Bonchev–Trinajstić information content (AvgIpc) is 2.46. The molecule has 2 aromatic rings. The van der Waals surface area contributed by atoms with E-state index < -0.39 is 0 Å². The van der Waals surface area contributed by atoms with E-state index in [1.165, 1.54) is 3.57 Å². The minimum Gasteiger partial charge on any atom is -0.409 e. The number of nitrogens with two attached hydrogens (primary N) is 1. The normalized spacial score (nSPS) is 11.3. The van der Waals surface area contributed by atoms with E-state index in [2.05, 4.69) is 39.1 Å². The van der Waals surface area contributed by atoms with Crippen LogP contribution in [0.4, 0.5) is 5.69 Å². The molecule has 2 aromatic carbocycles. The Morgan fingerprint density at radius 3 is 2.74 bits per heavy atom. The highest BCUT2D eigenvalue weighted by Gasteiger charge is 2.02. The average molecular weight is 367 g/mol. The molecule has 0 unspecified atom stereocenters. The number of benzene rings is 2. The minimum absolute atomic E-state index is 0.121. The van der Waals surface area contributed by atoms with Crippen molar-refractivity contribution in [3.05, 3.63) is 63.2 Å². The van der Waals surface area contributed by atoms with Gasteiger partial charge in [0.1, 0.15) is 0 Å². The van der Waals surface area contributed by atoms with Crippen molar-refractivity contribution in [3.8, 4) is 0 Å². The Morgan fingerprint density at radius 1 is 1.21 bits per heavy atom. The smallest absolute Gasteiger partial charge is 0.170 e. The fourth-order valence-electron chi connectivity index (χ4n) is 1.70. The molecule has 2 rings (SSSR count). The molecule has 19 heavy (non-hydrogen) atoms. The van der Waals surface area contributed by atoms with Crippen LogP contribution in [0.1, 0.15) is 11.1 Å². The molecule has 0 bridgehead atoms. The predicted octanol–water partition coefficient (Wildman–Crippen LogP) is 3.00. The van der Waals surface area contributed by atoms with Gasteiger partial charge in [-0.2, -0.15) is 0 Å². The zero-order chi connectivity index (χ0) is 13.7. The van der Waals surface area contributed by atoms with Crippen LogP contribution in [0.2, 0.25) is 0 Å². The number of para-hydroxylation sites is 1. The van der Waals surface area contributed by atoms with Crippen LogP contribution in [0.25, 0.3) is 0 Å². The number of hydrogen-bond donors (Lipinski definition) is 3. The lowest BCUT2D eigenvalue weighted by atomic mass is 10.1. The van der Waals surface area contributed by atoms with Crippen molar-refractivity contribution in [2.75, 3.05) is 5.32 Å². The summed E-state index contributed by atoms with van der Waals surface area (Å²) >= 11 is 2.29. The van der Waals surface area contributed by atoms with Gasteiger partial charge in [-0.3, -0.25) is 0 Å². The summed E-state index contributed by atoms with van der Waals surface area (Å²) in [6.45, 7) is 0.687. The summed E-state index contributed by atoms with van der Waals surface area (Å²) in [5.41, 5.74) is 8.45. The molecule has 4 nitrogen and oxygen atoms in total. The number of amidine groups is 1. The van der Waals surface area contributed by atoms with E-state index in [4.69, 9.17) is 10.9 Å². The van der Waals surface area contributed by atoms with Crippen LogP contribution in [0, 0.1) is 3.57 Å². The molecule has 5 heteroatoms. The number of halogens is 1. The summed E-state index contributed by atoms with van der Waals surface area (Å²) < 4.78 is 1.17. The second-order valence-electron chi connectivity index (χ2n) is 4.02. The Morgan fingerprint density at radius 2 is 2.00 bits per heavy atom. The molecule has 0 aromatic heterocycles. The topological polar surface area (TPSA) is 70.6 Å². The van der Waals surface area contributed by atoms with Gasteiger partial charge in [-0.25, -0.2) is 0 Å². The van der Waals surface area contributed by atoms with Gasteiger partial charge in [-0.05, 0) is 46.4 Å². The van der Waals surface area contributed by atoms with Gasteiger partial charge in [0.15, 0.2) is 5.84 Å². The molecular formula is C14H14IN3O. The second-order valence-corrected chi connectivity index (χ2v) is 5.18. The number of anilines is 1. The highest BCUT2D eigenvalue weighted by molar-refractivity contribution is 14.1. The van der Waals surface area contributed by atoms with E-state index in [1.807, 2.05) is 42.5 Å². The lowest BCUT2D eigenvalue weighted by Gasteiger charge is -2.09. The number of nitrogens with one attached hydrogen (secondary N) is 1. The Hall–Kier alpha value is -1.76. The maximum Gasteiger partial charge on any atom is 0.170 e. The molecule has 0 aliphatic rings. The summed E-state index contributed by atoms with van der Waals surface area (Å²) in [5, 5.41) is 15.0. The fourth-order valence-corrected chi connectivity index (χ4v) is 2.28. The van der Waals surface area contributed by atoms with Gasteiger partial charge in [0.25, 0.3) is 0 Å². The molecule has 0 spiro atoms. The molecule has 0 saturated heterocycles. The highest BCUT2D eigenvalue weighted by Crippen LogP contribution is 2.18. The quantitative estimate of drug-likeness (QED) is 0.256. The van der Waals surface area contributed by atoms with E-state index in [-0.39, 0.29) is 5.84 Å². The monoisotopic (exact) mass is 367 g/mol. The van der Waals surface area contributed by atoms with Crippen LogP contribution in [0.3, 0.4) is 0 Å². The number of oxime groups is 1. The Balaban J connectivity index is 2.10. The van der Waals surface area contributed by atoms with Gasteiger partial charge < -0.3 is 16.3 Å². The van der Waals surface area contributed by atoms with Gasteiger partial charge in [0.05, 0.1) is 0 Å². The van der Waals surface area contributed by atoms with E-state index in [0.29, 0.717) is 12.1 Å². The predicted molar refractivity (Wildman–Crippen MR) is 85.4 cm³/mol. The third-order valence-electron chi connectivity index (χ3n) is 2.69. The SMILES string of the molecule is NC(=NO)c1cccc(CNc2ccccc2I)c1. The third kappa shape index (κ3) is 3.60. The van der Waals surface area contributed by atoms with E-state index in [9.17, 15) is 0 Å². The van der Waals surface area contributed by atoms with Crippen molar-refractivity contribution >= 4 is 34.1 Å². The summed E-state index contributed by atoms with van der Waals surface area (Å²) in [7, 11) is 0. The second kappa shape index (κ2) is 6.42. The molecule has 0 fully saturated rings. The summed E-state index contributed by atoms with van der Waals surface area (Å²) in [5.74, 6) is 0.121. The van der Waals surface area contributed by atoms with Gasteiger partial charge in [0, 0.05) is 21.4 Å². The summed E-state index contributed by atoms with van der Waals surface area (Å²) in [4.78, 5) is 0. The fraction of sp³-hybridized carbons (Fsp3) is 0.0714. The molecule has 0 atom stereocenters. The number of nitrogens with zero attached hydrogens (tertiary/aromatic N) is 1. The lowest BCUT2D eigenvalue weighted by molar-refractivity contribution is 0.318. The Bertz CT molecular complexity index is 599. The van der Waals surface area contributed by atoms with Gasteiger partial charge >= 0.3 is 0 Å². The van der Waals surface area contributed by atoms with Crippen molar-refractivity contribution in [1.29, 1.82) is 0 Å². The lowest BCUT2D eigenvalue weighted by Crippen LogP contribution is -2.13. The van der Waals surface area contributed by atoms with Crippen LogP contribution in [0.15, 0.2) is 53.7 Å². The molecule has 98 valence electrons. The zero-order valence-corrected chi connectivity index (χ0v) is 12.3. The summed E-state index contributed by atoms with van der Waals surface area (Å²) in [6.07, 6.45) is 0. The van der Waals surface area contributed by atoms with E-state index >= 15 is 0 Å². The van der Waals surface area contributed by atoms with Crippen molar-refractivity contribution < 1.29 is 5.21 Å². The molecule has 0 amide bonds. The minimum atomic E-state index is 0.121. The first-order valence-corrected chi connectivity index (χ1v) is 6.84. The molecular weight excluding hydrogens is 353 g/mol. The Labute approximate surface area is 125 Å². The largest absolute Gasteiger partial charge is 0.409 e. The highest BCUT2D eigenvalue weighted by atomic mass is 127. The Kier molecular flexibility index (Phi) is 4.62. The van der Waals surface area contributed by atoms with Crippen LogP contribution in [0.5, 0.6) is 0 Å². The summed E-state index contributed by atoms with van der Waals surface area (Å²) in [6, 6.07) is 15.7. The maximum absolute atomic E-state index is 8.67. The first-order valence-electron chi connectivity index (χ1n) is 5.76. The van der Waals surface area contributed by atoms with Crippen molar-refractivity contribution in [2.45, 2.75) is 6.54 Å². The van der Waals surface area contributed by atoms with Crippen LogP contribution in [-0.4, -0.2) is 11.0 Å². The molecule has 4 N–H and O–H groups in total.